The minimum Gasteiger partial charge on any atom is -0.377 e. The minimum absolute atomic E-state index is 0.0584. The number of nitrogens with zero attached hydrogens (tertiary/aromatic N) is 4. The van der Waals surface area contributed by atoms with E-state index in [2.05, 4.69) is 25.9 Å². The lowest BCUT2D eigenvalue weighted by Crippen LogP contribution is -2.41. The molecule has 8 nitrogen and oxygen atoms in total. The van der Waals surface area contributed by atoms with E-state index in [1.807, 2.05) is 6.92 Å². The van der Waals surface area contributed by atoms with Gasteiger partial charge >= 0.3 is 0 Å². The second-order valence-electron chi connectivity index (χ2n) is 9.13. The third kappa shape index (κ3) is 3.37. The summed E-state index contributed by atoms with van der Waals surface area (Å²) in [6, 6.07) is 1.52. The van der Waals surface area contributed by atoms with E-state index < -0.39 is 5.56 Å². The number of amides is 1. The van der Waals surface area contributed by atoms with Crippen molar-refractivity contribution in [3.63, 3.8) is 0 Å². The van der Waals surface area contributed by atoms with Crippen LogP contribution in [0.1, 0.15) is 50.6 Å². The van der Waals surface area contributed by atoms with Crippen molar-refractivity contribution in [1.82, 2.24) is 25.3 Å². The molecule has 6 rings (SSSR count). The minimum atomic E-state index is -0.454. The third-order valence-electron chi connectivity index (χ3n) is 7.14. The van der Waals surface area contributed by atoms with Crippen molar-refractivity contribution in [2.45, 2.75) is 57.2 Å². The van der Waals surface area contributed by atoms with Crippen LogP contribution in [0.15, 0.2) is 29.5 Å². The first kappa shape index (κ1) is 19.5. The van der Waals surface area contributed by atoms with Crippen LogP contribution in [-0.2, 0) is 11.3 Å². The van der Waals surface area contributed by atoms with Crippen molar-refractivity contribution < 1.29 is 4.79 Å². The van der Waals surface area contributed by atoms with E-state index in [-0.39, 0.29) is 29.1 Å². The zero-order chi connectivity index (χ0) is 20.9. The molecule has 0 aliphatic heterocycles. The number of carbonyl (C=O) groups excluding carboxylic acids is 1. The molecule has 4 fully saturated rings. The summed E-state index contributed by atoms with van der Waals surface area (Å²) in [5.74, 6) is 1.93. The van der Waals surface area contributed by atoms with Crippen molar-refractivity contribution >= 4 is 23.2 Å². The molecule has 9 heteroatoms. The summed E-state index contributed by atoms with van der Waals surface area (Å²) in [7, 11) is 0. The molecule has 4 aliphatic rings. The smallest absolute Gasteiger partial charge is 0.288 e. The molecule has 0 saturated heterocycles. The predicted octanol–water partition coefficient (Wildman–Crippen LogP) is 2.55. The standard InChI is InChI=1S/C21H25ClN6O2/c1-12(15-2-3-23-24-9-15)26-18(29)11-28-20(30)19(22)17(10-25-28)27-21-7-13-4-14(8-21)6-16(21)5-13/h2-3,9-10,12-14,16,27H,4-8,11H2,1H3,(H,26,29). The Hall–Kier alpha value is -2.48. The maximum Gasteiger partial charge on any atom is 0.288 e. The molecule has 0 spiro atoms. The molecule has 2 aromatic heterocycles. The normalized spacial score (nSPS) is 29.7. The molecule has 0 aromatic carbocycles. The first-order valence-corrected chi connectivity index (χ1v) is 10.9. The van der Waals surface area contributed by atoms with Crippen LogP contribution in [0.2, 0.25) is 5.02 Å². The zero-order valence-corrected chi connectivity index (χ0v) is 17.6. The lowest BCUT2D eigenvalue weighted by Gasteiger charge is -2.35. The predicted molar refractivity (Wildman–Crippen MR) is 112 cm³/mol. The van der Waals surface area contributed by atoms with Crippen LogP contribution in [0.5, 0.6) is 0 Å². The highest BCUT2D eigenvalue weighted by molar-refractivity contribution is 6.33. The summed E-state index contributed by atoms with van der Waals surface area (Å²) in [6.45, 7) is 1.65. The van der Waals surface area contributed by atoms with E-state index in [9.17, 15) is 9.59 Å². The van der Waals surface area contributed by atoms with Gasteiger partial charge in [-0.05, 0) is 68.4 Å². The van der Waals surface area contributed by atoms with Crippen molar-refractivity contribution in [1.29, 1.82) is 0 Å². The number of halogens is 1. The van der Waals surface area contributed by atoms with E-state index in [0.717, 1.165) is 34.9 Å². The maximum atomic E-state index is 12.7. The van der Waals surface area contributed by atoms with E-state index in [1.165, 1.54) is 19.3 Å². The number of aromatic nitrogens is 4. The van der Waals surface area contributed by atoms with Crippen LogP contribution >= 0.6 is 11.6 Å². The van der Waals surface area contributed by atoms with Gasteiger partial charge < -0.3 is 10.6 Å². The molecule has 4 aliphatic carbocycles. The van der Waals surface area contributed by atoms with Crippen LogP contribution in [0.3, 0.4) is 0 Å². The van der Waals surface area contributed by atoms with Crippen molar-refractivity contribution in [3.8, 4) is 0 Å². The fourth-order valence-electron chi connectivity index (χ4n) is 6.00. The molecule has 4 saturated carbocycles. The quantitative estimate of drug-likeness (QED) is 0.733. The SMILES string of the molecule is CC(NC(=O)Cn1ncc(NC23CC4CC(CC2C4)C3)c(Cl)c1=O)c1ccnnc1. The van der Waals surface area contributed by atoms with E-state index in [0.29, 0.717) is 11.6 Å². The Kier molecular flexibility index (Phi) is 4.76. The number of hydrogen-bond acceptors (Lipinski definition) is 6. The summed E-state index contributed by atoms with van der Waals surface area (Å²) in [4.78, 5) is 25.2. The zero-order valence-electron chi connectivity index (χ0n) is 16.8. The number of anilines is 1. The van der Waals surface area contributed by atoms with Crippen LogP contribution in [0, 0.1) is 17.8 Å². The molecule has 30 heavy (non-hydrogen) atoms. The molecule has 4 bridgehead atoms. The lowest BCUT2D eigenvalue weighted by molar-refractivity contribution is -0.122. The molecular weight excluding hydrogens is 404 g/mol. The monoisotopic (exact) mass is 428 g/mol. The number of carbonyl (C=O) groups is 1. The van der Waals surface area contributed by atoms with Crippen LogP contribution < -0.4 is 16.2 Å². The Labute approximate surface area is 179 Å². The Balaban J connectivity index is 1.28. The summed E-state index contributed by atoms with van der Waals surface area (Å²) < 4.78 is 1.11. The first-order chi connectivity index (χ1) is 14.4. The molecule has 0 radical (unpaired) electrons. The Morgan fingerprint density at radius 3 is 2.73 bits per heavy atom. The largest absolute Gasteiger partial charge is 0.377 e. The average molecular weight is 429 g/mol. The fraction of sp³-hybridized carbons (Fsp3) is 0.571. The topological polar surface area (TPSA) is 102 Å². The molecule has 2 N–H and O–H groups in total. The summed E-state index contributed by atoms with van der Waals surface area (Å²) >= 11 is 6.41. The molecule has 3 atom stereocenters. The van der Waals surface area contributed by atoms with Crippen LogP contribution in [-0.4, -0.2) is 31.4 Å². The van der Waals surface area contributed by atoms with Gasteiger partial charge in [0.1, 0.15) is 11.6 Å². The average Bonchev–Trinajstić information content (AvgIpc) is 3.11. The van der Waals surface area contributed by atoms with Gasteiger partial charge in [-0.25, -0.2) is 4.68 Å². The van der Waals surface area contributed by atoms with E-state index in [1.54, 1.807) is 24.7 Å². The second-order valence-corrected chi connectivity index (χ2v) is 9.50. The molecule has 1 amide bonds. The van der Waals surface area contributed by atoms with Gasteiger partial charge in [-0.3, -0.25) is 9.59 Å². The molecular formula is C21H25ClN6O2. The second kappa shape index (κ2) is 7.34. The van der Waals surface area contributed by atoms with Gasteiger partial charge in [-0.15, -0.1) is 0 Å². The summed E-state index contributed by atoms with van der Waals surface area (Å²) in [6.07, 6.45) is 10.9. The highest BCUT2D eigenvalue weighted by Gasteiger charge is 2.57. The molecule has 2 heterocycles. The highest BCUT2D eigenvalue weighted by Crippen LogP contribution is 2.61. The summed E-state index contributed by atoms with van der Waals surface area (Å²) in [5.41, 5.74) is 1.02. The van der Waals surface area contributed by atoms with Gasteiger partial charge in [0.05, 0.1) is 24.1 Å². The first-order valence-electron chi connectivity index (χ1n) is 10.5. The Morgan fingerprint density at radius 2 is 2.03 bits per heavy atom. The van der Waals surface area contributed by atoms with Gasteiger partial charge in [0.25, 0.3) is 5.56 Å². The van der Waals surface area contributed by atoms with Crippen LogP contribution in [0.25, 0.3) is 0 Å². The molecule has 3 unspecified atom stereocenters. The van der Waals surface area contributed by atoms with Gasteiger partial charge in [0.15, 0.2) is 0 Å². The number of hydrogen-bond donors (Lipinski definition) is 2. The maximum absolute atomic E-state index is 12.7. The summed E-state index contributed by atoms with van der Waals surface area (Å²) in [5, 5.41) is 18.3. The fourth-order valence-corrected chi connectivity index (χ4v) is 6.19. The number of rotatable bonds is 6. The molecule has 2 aromatic rings. The van der Waals surface area contributed by atoms with E-state index >= 15 is 0 Å². The van der Waals surface area contributed by atoms with E-state index in [4.69, 9.17) is 11.6 Å². The van der Waals surface area contributed by atoms with Gasteiger partial charge in [0.2, 0.25) is 5.91 Å². The number of nitrogens with one attached hydrogen (secondary N) is 2. The molecule has 158 valence electrons. The van der Waals surface area contributed by atoms with Gasteiger partial charge in [-0.1, -0.05) is 11.6 Å². The Bertz CT molecular complexity index is 1010. The van der Waals surface area contributed by atoms with Gasteiger partial charge in [-0.2, -0.15) is 15.3 Å². The van der Waals surface area contributed by atoms with Crippen LogP contribution in [0.4, 0.5) is 5.69 Å². The Morgan fingerprint density at radius 1 is 1.27 bits per heavy atom. The lowest BCUT2D eigenvalue weighted by atomic mass is 9.80. The van der Waals surface area contributed by atoms with Crippen molar-refractivity contribution in [3.05, 3.63) is 45.6 Å². The van der Waals surface area contributed by atoms with Crippen molar-refractivity contribution in [2.75, 3.05) is 5.32 Å². The highest BCUT2D eigenvalue weighted by atomic mass is 35.5. The third-order valence-corrected chi connectivity index (χ3v) is 7.50. The van der Waals surface area contributed by atoms with Gasteiger partial charge in [0, 0.05) is 11.7 Å². The van der Waals surface area contributed by atoms with Crippen molar-refractivity contribution in [2.24, 2.45) is 17.8 Å².